The lowest BCUT2D eigenvalue weighted by Gasteiger charge is -2.07. The number of aromatic nitrogens is 3. The number of nitrogens with one attached hydrogen (secondary N) is 1. The fourth-order valence-corrected chi connectivity index (χ4v) is 3.00. The quantitative estimate of drug-likeness (QED) is 0.699. The van der Waals surface area contributed by atoms with Crippen LogP contribution in [-0.4, -0.2) is 27.7 Å². The molecule has 100 valence electrons. The fraction of sp³-hybridized carbons (Fsp3) is 0.417. The Morgan fingerprint density at radius 1 is 1.68 bits per heavy atom. The van der Waals surface area contributed by atoms with Crippen LogP contribution in [0.1, 0.15) is 35.2 Å². The lowest BCUT2D eigenvalue weighted by atomic mass is 10.2. The number of ether oxygens (including phenoxy) is 1. The lowest BCUT2D eigenvalue weighted by molar-refractivity contribution is 0.102. The molecule has 5 nitrogen and oxygen atoms in total. The normalized spacial score (nSPS) is 19.5. The van der Waals surface area contributed by atoms with Gasteiger partial charge in [0.15, 0.2) is 5.82 Å². The molecule has 3 rings (SSSR count). The molecule has 1 fully saturated rings. The number of rotatable bonds is 3. The van der Waals surface area contributed by atoms with Crippen molar-refractivity contribution in [2.45, 2.75) is 25.9 Å². The van der Waals surface area contributed by atoms with Gasteiger partial charge in [0.1, 0.15) is 6.10 Å². The first-order chi connectivity index (χ1) is 9.25. The monoisotopic (exact) mass is 294 g/mol. The summed E-state index contributed by atoms with van der Waals surface area (Å²) in [6, 6.07) is 2.07. The molecule has 0 unspecified atom stereocenters. The zero-order valence-electron chi connectivity index (χ0n) is 10.5. The first kappa shape index (κ1) is 12.7. The van der Waals surface area contributed by atoms with Crippen LogP contribution in [0.2, 0.25) is 0 Å². The van der Waals surface area contributed by atoms with Gasteiger partial charge in [0.25, 0.3) is 0 Å². The molecule has 0 aliphatic carbocycles. The summed E-state index contributed by atoms with van der Waals surface area (Å²) in [6.45, 7) is 2.84. The number of hydrogen-bond acceptors (Lipinski definition) is 5. The molecule has 0 amide bonds. The summed E-state index contributed by atoms with van der Waals surface area (Å²) in [5.74, 6) is 0.757. The van der Waals surface area contributed by atoms with E-state index in [0.717, 1.165) is 30.2 Å². The van der Waals surface area contributed by atoms with Gasteiger partial charge < -0.3 is 4.74 Å². The average molecular weight is 294 g/mol. The summed E-state index contributed by atoms with van der Waals surface area (Å²) in [5, 5.41) is 13.5. The van der Waals surface area contributed by atoms with Gasteiger partial charge in [-0.15, -0.1) is 11.3 Å². The van der Waals surface area contributed by atoms with Crippen LogP contribution in [0.25, 0.3) is 0 Å². The average Bonchev–Trinajstić information content (AvgIpc) is 3.09. The molecular formula is C12H14N4OS2. The highest BCUT2D eigenvalue weighted by atomic mass is 32.1. The predicted octanol–water partition coefficient (Wildman–Crippen LogP) is 3.04. The van der Waals surface area contributed by atoms with Gasteiger partial charge in [-0.3, -0.25) is 5.10 Å². The van der Waals surface area contributed by atoms with Crippen LogP contribution < -0.4 is 0 Å². The molecule has 1 aliphatic rings. The van der Waals surface area contributed by atoms with Crippen molar-refractivity contribution in [1.82, 2.24) is 14.9 Å². The number of nitrogens with zero attached hydrogens (tertiary/aromatic N) is 3. The molecular weight excluding hydrogens is 280 g/mol. The topological polar surface area (TPSA) is 55.2 Å². The minimum atomic E-state index is -0.00506. The SMILES string of the molecule is Cc1ccsc1/C=N\n1c([C@H]2CCCO2)n[nH]c1=S. The molecule has 0 radical (unpaired) electrons. The molecule has 3 heterocycles. The Morgan fingerprint density at radius 3 is 3.26 bits per heavy atom. The van der Waals surface area contributed by atoms with Crippen LogP contribution in [0.3, 0.4) is 0 Å². The Bertz CT molecular complexity index is 649. The van der Waals surface area contributed by atoms with E-state index in [1.165, 1.54) is 5.56 Å². The largest absolute Gasteiger partial charge is 0.370 e. The summed E-state index contributed by atoms with van der Waals surface area (Å²) < 4.78 is 7.79. The Labute approximate surface area is 119 Å². The minimum Gasteiger partial charge on any atom is -0.370 e. The van der Waals surface area contributed by atoms with Crippen molar-refractivity contribution >= 4 is 29.8 Å². The molecule has 19 heavy (non-hydrogen) atoms. The van der Waals surface area contributed by atoms with Crippen molar-refractivity contribution in [1.29, 1.82) is 0 Å². The predicted molar refractivity (Wildman–Crippen MR) is 77.4 cm³/mol. The van der Waals surface area contributed by atoms with Gasteiger partial charge in [0.2, 0.25) is 4.77 Å². The Balaban J connectivity index is 1.92. The van der Waals surface area contributed by atoms with E-state index in [9.17, 15) is 0 Å². The smallest absolute Gasteiger partial charge is 0.216 e. The third kappa shape index (κ3) is 2.54. The summed E-state index contributed by atoms with van der Waals surface area (Å²) >= 11 is 6.87. The molecule has 7 heteroatoms. The second-order valence-corrected chi connectivity index (χ2v) is 5.75. The van der Waals surface area contributed by atoms with E-state index in [1.54, 1.807) is 16.0 Å². The van der Waals surface area contributed by atoms with Crippen LogP contribution in [0, 0.1) is 11.7 Å². The summed E-state index contributed by atoms with van der Waals surface area (Å²) in [5.41, 5.74) is 1.21. The highest BCUT2D eigenvalue weighted by molar-refractivity contribution is 7.71. The Morgan fingerprint density at radius 2 is 2.58 bits per heavy atom. The van der Waals surface area contributed by atoms with Gasteiger partial charge in [-0.2, -0.15) is 14.9 Å². The Kier molecular flexibility index (Phi) is 3.58. The van der Waals surface area contributed by atoms with Gasteiger partial charge in [-0.05, 0) is 49.0 Å². The highest BCUT2D eigenvalue weighted by Gasteiger charge is 2.23. The van der Waals surface area contributed by atoms with Gasteiger partial charge in [-0.1, -0.05) is 0 Å². The highest BCUT2D eigenvalue weighted by Crippen LogP contribution is 2.27. The van der Waals surface area contributed by atoms with Crippen molar-refractivity contribution in [2.75, 3.05) is 6.61 Å². The second-order valence-electron chi connectivity index (χ2n) is 4.41. The summed E-state index contributed by atoms with van der Waals surface area (Å²) in [7, 11) is 0. The maximum absolute atomic E-state index is 5.63. The molecule has 0 aromatic carbocycles. The van der Waals surface area contributed by atoms with Crippen molar-refractivity contribution in [2.24, 2.45) is 5.10 Å². The Hall–Kier alpha value is -1.31. The molecule has 1 saturated heterocycles. The van der Waals surface area contributed by atoms with Crippen LogP contribution in [-0.2, 0) is 4.74 Å². The van der Waals surface area contributed by atoms with E-state index >= 15 is 0 Å². The minimum absolute atomic E-state index is 0.00506. The third-order valence-electron chi connectivity index (χ3n) is 3.09. The molecule has 0 spiro atoms. The zero-order valence-corrected chi connectivity index (χ0v) is 12.1. The lowest BCUT2D eigenvalue weighted by Crippen LogP contribution is -2.05. The maximum Gasteiger partial charge on any atom is 0.216 e. The molecule has 0 saturated carbocycles. The first-order valence-electron chi connectivity index (χ1n) is 6.13. The van der Waals surface area contributed by atoms with E-state index < -0.39 is 0 Å². The third-order valence-corrected chi connectivity index (χ3v) is 4.30. The molecule has 1 atom stereocenters. The van der Waals surface area contributed by atoms with Crippen molar-refractivity contribution in [3.05, 3.63) is 32.5 Å². The van der Waals surface area contributed by atoms with Crippen molar-refractivity contribution < 1.29 is 4.74 Å². The van der Waals surface area contributed by atoms with E-state index in [0.29, 0.717) is 4.77 Å². The molecule has 2 aromatic heterocycles. The number of aromatic amines is 1. The van der Waals surface area contributed by atoms with Gasteiger partial charge in [0.05, 0.1) is 11.1 Å². The van der Waals surface area contributed by atoms with Gasteiger partial charge in [-0.25, -0.2) is 0 Å². The molecule has 2 aromatic rings. The van der Waals surface area contributed by atoms with Crippen LogP contribution >= 0.6 is 23.6 Å². The van der Waals surface area contributed by atoms with Crippen molar-refractivity contribution in [3.8, 4) is 0 Å². The number of thiophene rings is 1. The van der Waals surface area contributed by atoms with Gasteiger partial charge >= 0.3 is 0 Å². The van der Waals surface area contributed by atoms with Crippen molar-refractivity contribution in [3.63, 3.8) is 0 Å². The van der Waals surface area contributed by atoms with E-state index in [2.05, 4.69) is 28.3 Å². The van der Waals surface area contributed by atoms with E-state index in [-0.39, 0.29) is 6.10 Å². The molecule has 0 bridgehead atoms. The summed E-state index contributed by atoms with van der Waals surface area (Å²) in [4.78, 5) is 1.13. The summed E-state index contributed by atoms with van der Waals surface area (Å²) in [6.07, 6.45) is 3.84. The maximum atomic E-state index is 5.63. The molecule has 1 aliphatic heterocycles. The van der Waals surface area contributed by atoms with E-state index in [4.69, 9.17) is 17.0 Å². The number of aryl methyl sites for hydroxylation is 1. The standard InChI is InChI=1S/C12H14N4OS2/c1-8-4-6-19-10(8)7-13-16-11(14-15-12(16)18)9-3-2-5-17-9/h4,6-7,9H,2-3,5H2,1H3,(H,15,18)/b13-7-/t9-/m1/s1. The van der Waals surface area contributed by atoms with Crippen LogP contribution in [0.15, 0.2) is 16.5 Å². The van der Waals surface area contributed by atoms with Crippen LogP contribution in [0.5, 0.6) is 0 Å². The van der Waals surface area contributed by atoms with Gasteiger partial charge in [0, 0.05) is 6.61 Å². The molecule has 1 N–H and O–H groups in total. The fourth-order valence-electron chi connectivity index (χ4n) is 2.03. The van der Waals surface area contributed by atoms with E-state index in [1.807, 2.05) is 11.6 Å². The second kappa shape index (κ2) is 5.36. The number of H-pyrrole nitrogens is 1. The first-order valence-corrected chi connectivity index (χ1v) is 7.42. The van der Waals surface area contributed by atoms with Crippen LogP contribution in [0.4, 0.5) is 0 Å². The number of hydrogen-bond donors (Lipinski definition) is 1. The zero-order chi connectivity index (χ0) is 13.2.